The molecule has 1 aromatic carbocycles. The number of nitro benzene ring substituents is 1. The Labute approximate surface area is 124 Å². The Morgan fingerprint density at radius 3 is 2.71 bits per heavy atom. The summed E-state index contributed by atoms with van der Waals surface area (Å²) in [6, 6.07) is 6.34. The molecule has 116 valence electrons. The molecule has 6 nitrogen and oxygen atoms in total. The molecule has 1 saturated heterocycles. The number of hydrogen-bond donors (Lipinski definition) is 2. The highest BCUT2D eigenvalue weighted by atomic mass is 16.6. The molecule has 2 unspecified atom stereocenters. The van der Waals surface area contributed by atoms with E-state index in [-0.39, 0.29) is 11.3 Å². The summed E-state index contributed by atoms with van der Waals surface area (Å²) in [7, 11) is 0. The van der Waals surface area contributed by atoms with Gasteiger partial charge in [-0.25, -0.2) is 0 Å². The lowest BCUT2D eigenvalue weighted by molar-refractivity contribution is -0.384. The van der Waals surface area contributed by atoms with Gasteiger partial charge in [-0.05, 0) is 44.4 Å². The Kier molecular flexibility index (Phi) is 4.92. The van der Waals surface area contributed by atoms with Crippen LogP contribution in [-0.2, 0) is 4.74 Å². The average Bonchev–Trinajstić information content (AvgIpc) is 2.44. The molecule has 1 heterocycles. The van der Waals surface area contributed by atoms with Crippen LogP contribution in [0.1, 0.15) is 38.4 Å². The molecule has 0 aliphatic carbocycles. The number of nitrogens with one attached hydrogen (secondary N) is 1. The highest BCUT2D eigenvalue weighted by Crippen LogP contribution is 2.24. The number of non-ortho nitro benzene ring substituents is 1. The van der Waals surface area contributed by atoms with Crippen LogP contribution in [0.25, 0.3) is 0 Å². The molecule has 6 heteroatoms. The van der Waals surface area contributed by atoms with E-state index in [1.165, 1.54) is 12.1 Å². The first-order valence-electron chi connectivity index (χ1n) is 7.17. The number of ether oxygens (including phenoxy) is 1. The minimum Gasteiger partial charge on any atom is -0.387 e. The van der Waals surface area contributed by atoms with Gasteiger partial charge in [-0.1, -0.05) is 0 Å². The van der Waals surface area contributed by atoms with Crippen LogP contribution < -0.4 is 5.32 Å². The second-order valence-corrected chi connectivity index (χ2v) is 6.07. The van der Waals surface area contributed by atoms with Gasteiger partial charge in [0.15, 0.2) is 0 Å². The summed E-state index contributed by atoms with van der Waals surface area (Å²) in [5.74, 6) is 0. The van der Waals surface area contributed by atoms with Crippen LogP contribution in [0.5, 0.6) is 0 Å². The van der Waals surface area contributed by atoms with E-state index in [1.807, 2.05) is 0 Å². The normalized spacial score (nSPS) is 22.7. The Morgan fingerprint density at radius 1 is 1.48 bits per heavy atom. The fraction of sp³-hybridized carbons (Fsp3) is 0.600. The van der Waals surface area contributed by atoms with Gasteiger partial charge in [0.05, 0.1) is 16.6 Å². The monoisotopic (exact) mass is 294 g/mol. The van der Waals surface area contributed by atoms with E-state index in [9.17, 15) is 15.2 Å². The number of benzene rings is 1. The van der Waals surface area contributed by atoms with E-state index in [0.717, 1.165) is 19.4 Å². The summed E-state index contributed by atoms with van der Waals surface area (Å²) in [5.41, 5.74) is 0.582. The second kappa shape index (κ2) is 6.51. The molecule has 0 saturated carbocycles. The van der Waals surface area contributed by atoms with Crippen LogP contribution in [0, 0.1) is 10.1 Å². The third kappa shape index (κ3) is 4.49. The molecule has 2 atom stereocenters. The molecule has 0 radical (unpaired) electrons. The van der Waals surface area contributed by atoms with Gasteiger partial charge >= 0.3 is 0 Å². The van der Waals surface area contributed by atoms with Gasteiger partial charge in [-0.2, -0.15) is 0 Å². The minimum atomic E-state index is -0.670. The molecular formula is C15H22N2O4. The number of nitrogens with zero attached hydrogens (tertiary/aromatic N) is 1. The molecule has 1 aliphatic heterocycles. The Hall–Kier alpha value is -1.50. The largest absolute Gasteiger partial charge is 0.387 e. The van der Waals surface area contributed by atoms with E-state index in [0.29, 0.717) is 18.2 Å². The van der Waals surface area contributed by atoms with Gasteiger partial charge < -0.3 is 15.2 Å². The zero-order valence-electron chi connectivity index (χ0n) is 12.4. The van der Waals surface area contributed by atoms with Crippen LogP contribution in [0.15, 0.2) is 24.3 Å². The lowest BCUT2D eigenvalue weighted by Gasteiger charge is -2.36. The fourth-order valence-electron chi connectivity index (χ4n) is 2.62. The first-order chi connectivity index (χ1) is 9.87. The zero-order chi connectivity index (χ0) is 15.5. The summed E-state index contributed by atoms with van der Waals surface area (Å²) in [5, 5.41) is 24.1. The number of rotatable bonds is 5. The average molecular weight is 294 g/mol. The van der Waals surface area contributed by atoms with Crippen molar-refractivity contribution in [3.8, 4) is 0 Å². The van der Waals surface area contributed by atoms with Crippen molar-refractivity contribution in [3.63, 3.8) is 0 Å². The topological polar surface area (TPSA) is 84.6 Å². The van der Waals surface area contributed by atoms with Gasteiger partial charge in [-0.3, -0.25) is 10.1 Å². The Balaban J connectivity index is 1.86. The Bertz CT molecular complexity index is 487. The first kappa shape index (κ1) is 15.9. The van der Waals surface area contributed by atoms with Crippen LogP contribution >= 0.6 is 0 Å². The molecular weight excluding hydrogens is 272 g/mol. The van der Waals surface area contributed by atoms with Crippen molar-refractivity contribution >= 4 is 5.69 Å². The summed E-state index contributed by atoms with van der Waals surface area (Å²) < 4.78 is 5.66. The molecule has 0 amide bonds. The summed E-state index contributed by atoms with van der Waals surface area (Å²) >= 11 is 0. The highest BCUT2D eigenvalue weighted by molar-refractivity contribution is 5.33. The lowest BCUT2D eigenvalue weighted by Crippen LogP contribution is -2.44. The summed E-state index contributed by atoms with van der Waals surface area (Å²) in [6.45, 7) is 5.28. The van der Waals surface area contributed by atoms with Crippen molar-refractivity contribution in [3.05, 3.63) is 39.9 Å². The zero-order valence-corrected chi connectivity index (χ0v) is 12.4. The van der Waals surface area contributed by atoms with Crippen molar-refractivity contribution in [1.82, 2.24) is 5.32 Å². The molecule has 1 fully saturated rings. The molecule has 2 N–H and O–H groups in total. The van der Waals surface area contributed by atoms with Crippen molar-refractivity contribution in [2.45, 2.75) is 44.4 Å². The van der Waals surface area contributed by atoms with Crippen LogP contribution in [0.2, 0.25) is 0 Å². The second-order valence-electron chi connectivity index (χ2n) is 6.07. The van der Waals surface area contributed by atoms with Crippen molar-refractivity contribution in [1.29, 1.82) is 0 Å². The van der Waals surface area contributed by atoms with E-state index in [2.05, 4.69) is 19.2 Å². The van der Waals surface area contributed by atoms with E-state index in [1.54, 1.807) is 12.1 Å². The number of aliphatic hydroxyl groups excluding tert-OH is 1. The van der Waals surface area contributed by atoms with E-state index < -0.39 is 11.0 Å². The molecule has 0 spiro atoms. The lowest BCUT2D eigenvalue weighted by atomic mass is 9.94. The van der Waals surface area contributed by atoms with E-state index >= 15 is 0 Å². The van der Waals surface area contributed by atoms with E-state index in [4.69, 9.17) is 4.74 Å². The summed E-state index contributed by atoms with van der Waals surface area (Å²) in [6.07, 6.45) is 1.16. The maximum atomic E-state index is 10.6. The van der Waals surface area contributed by atoms with Crippen LogP contribution in [-0.4, -0.2) is 34.8 Å². The molecule has 21 heavy (non-hydrogen) atoms. The molecule has 1 aliphatic rings. The third-order valence-corrected chi connectivity index (χ3v) is 3.79. The van der Waals surface area contributed by atoms with Gasteiger partial charge in [0.2, 0.25) is 0 Å². The highest BCUT2D eigenvalue weighted by Gasteiger charge is 2.28. The molecule has 0 aromatic heterocycles. The quantitative estimate of drug-likeness (QED) is 0.642. The summed E-state index contributed by atoms with van der Waals surface area (Å²) in [4.78, 5) is 10.1. The van der Waals surface area contributed by atoms with Crippen LogP contribution in [0.4, 0.5) is 5.69 Å². The molecule has 2 rings (SSSR count). The van der Waals surface area contributed by atoms with Gasteiger partial charge in [-0.15, -0.1) is 0 Å². The Morgan fingerprint density at radius 2 is 2.14 bits per heavy atom. The third-order valence-electron chi connectivity index (χ3n) is 3.79. The maximum absolute atomic E-state index is 10.6. The maximum Gasteiger partial charge on any atom is 0.269 e. The predicted molar refractivity (Wildman–Crippen MR) is 79.1 cm³/mol. The van der Waals surface area contributed by atoms with Crippen molar-refractivity contribution < 1.29 is 14.8 Å². The van der Waals surface area contributed by atoms with Gasteiger partial charge in [0, 0.05) is 31.3 Å². The standard InChI is InChI=1S/C15H22N2O4/c1-15(2)9-12(7-8-21-15)16-10-14(18)11-3-5-13(6-4-11)17(19)20/h3-6,12,14,16,18H,7-10H2,1-2H3. The first-order valence-corrected chi connectivity index (χ1v) is 7.17. The fourth-order valence-corrected chi connectivity index (χ4v) is 2.62. The van der Waals surface area contributed by atoms with Crippen molar-refractivity contribution in [2.24, 2.45) is 0 Å². The number of aliphatic hydroxyl groups is 1. The molecule has 1 aromatic rings. The number of nitro groups is 1. The van der Waals surface area contributed by atoms with Crippen LogP contribution in [0.3, 0.4) is 0 Å². The minimum absolute atomic E-state index is 0.0325. The van der Waals surface area contributed by atoms with Gasteiger partial charge in [0.1, 0.15) is 0 Å². The number of hydrogen-bond acceptors (Lipinski definition) is 5. The SMILES string of the molecule is CC1(C)CC(NCC(O)c2ccc([N+](=O)[O-])cc2)CCO1. The predicted octanol–water partition coefficient (Wildman–Crippen LogP) is 2.18. The van der Waals surface area contributed by atoms with Gasteiger partial charge in [0.25, 0.3) is 5.69 Å². The molecule has 0 bridgehead atoms. The smallest absolute Gasteiger partial charge is 0.269 e. The van der Waals surface area contributed by atoms with Crippen molar-refractivity contribution in [2.75, 3.05) is 13.2 Å².